The van der Waals surface area contributed by atoms with Crippen LogP contribution in [-0.4, -0.2) is 11.3 Å². The van der Waals surface area contributed by atoms with Gasteiger partial charge < -0.3 is 5.11 Å². The third-order valence-corrected chi connectivity index (χ3v) is 2.47. The van der Waals surface area contributed by atoms with Crippen molar-refractivity contribution in [2.45, 2.75) is 38.5 Å². The van der Waals surface area contributed by atoms with Crippen molar-refractivity contribution in [3.63, 3.8) is 0 Å². The summed E-state index contributed by atoms with van der Waals surface area (Å²) in [4.78, 5) is 0. The number of hydrogen-bond donors (Lipinski definition) is 1. The van der Waals surface area contributed by atoms with Gasteiger partial charge in [0.2, 0.25) is 0 Å². The summed E-state index contributed by atoms with van der Waals surface area (Å²) in [5.74, 6) is 0. The molecule has 0 amide bonds. The van der Waals surface area contributed by atoms with Gasteiger partial charge in [-0.05, 0) is 24.0 Å². The monoisotopic (exact) mass is 232 g/mol. The summed E-state index contributed by atoms with van der Waals surface area (Å²) >= 11 is 0. The number of rotatable bonds is 4. The Hall–Kier alpha value is -1.03. The van der Waals surface area contributed by atoms with Crippen LogP contribution in [0, 0.1) is 0 Å². The Kier molecular flexibility index (Phi) is 4.35. The molecule has 0 saturated carbocycles. The molecule has 0 fully saturated rings. The van der Waals surface area contributed by atoms with Crippen molar-refractivity contribution < 1.29 is 18.3 Å². The van der Waals surface area contributed by atoms with E-state index in [1.54, 1.807) is 12.1 Å². The molecule has 0 spiro atoms. The first-order chi connectivity index (χ1) is 7.42. The standard InChI is InChI=1S/C12H15F3O/c1-2-9-3-5-10(6-4-9)11(16)7-8-12(13,14)15/h3-6,11,16H,2,7-8H2,1H3. The topological polar surface area (TPSA) is 20.2 Å². The zero-order valence-electron chi connectivity index (χ0n) is 9.09. The zero-order valence-corrected chi connectivity index (χ0v) is 9.09. The van der Waals surface area contributed by atoms with Crippen LogP contribution in [0.4, 0.5) is 13.2 Å². The van der Waals surface area contributed by atoms with E-state index in [0.717, 1.165) is 12.0 Å². The first kappa shape index (κ1) is 13.0. The number of aliphatic hydroxyl groups is 1. The molecule has 1 atom stereocenters. The molecule has 90 valence electrons. The second-order valence-electron chi connectivity index (χ2n) is 3.76. The van der Waals surface area contributed by atoms with Crippen LogP contribution >= 0.6 is 0 Å². The fraction of sp³-hybridized carbons (Fsp3) is 0.500. The van der Waals surface area contributed by atoms with Crippen LogP contribution < -0.4 is 0 Å². The number of aliphatic hydroxyl groups excluding tert-OH is 1. The maximum absolute atomic E-state index is 11.9. The largest absolute Gasteiger partial charge is 0.389 e. The third-order valence-electron chi connectivity index (χ3n) is 2.47. The molecule has 0 aliphatic rings. The van der Waals surface area contributed by atoms with Crippen molar-refractivity contribution in [1.29, 1.82) is 0 Å². The SMILES string of the molecule is CCc1ccc(C(O)CCC(F)(F)F)cc1. The Labute approximate surface area is 92.9 Å². The highest BCUT2D eigenvalue weighted by atomic mass is 19.4. The van der Waals surface area contributed by atoms with Crippen molar-refractivity contribution in [2.24, 2.45) is 0 Å². The van der Waals surface area contributed by atoms with E-state index in [-0.39, 0.29) is 6.42 Å². The van der Waals surface area contributed by atoms with Crippen LogP contribution in [0.25, 0.3) is 0 Å². The molecule has 1 aromatic rings. The van der Waals surface area contributed by atoms with Gasteiger partial charge in [-0.3, -0.25) is 0 Å². The average Bonchev–Trinajstić information content (AvgIpc) is 2.25. The molecular formula is C12H15F3O. The van der Waals surface area contributed by atoms with Crippen LogP contribution in [0.3, 0.4) is 0 Å². The first-order valence-corrected chi connectivity index (χ1v) is 5.26. The third kappa shape index (κ3) is 4.23. The predicted molar refractivity (Wildman–Crippen MR) is 56.1 cm³/mol. The summed E-state index contributed by atoms with van der Waals surface area (Å²) in [5.41, 5.74) is 1.65. The second-order valence-corrected chi connectivity index (χ2v) is 3.76. The molecule has 16 heavy (non-hydrogen) atoms. The molecule has 0 heterocycles. The Morgan fingerprint density at radius 2 is 1.75 bits per heavy atom. The molecule has 1 nitrogen and oxygen atoms in total. The highest BCUT2D eigenvalue weighted by Gasteiger charge is 2.28. The van der Waals surface area contributed by atoms with Gasteiger partial charge in [0.25, 0.3) is 0 Å². The van der Waals surface area contributed by atoms with Gasteiger partial charge in [-0.15, -0.1) is 0 Å². The lowest BCUT2D eigenvalue weighted by molar-refractivity contribution is -0.140. The Balaban J connectivity index is 2.56. The van der Waals surface area contributed by atoms with E-state index in [1.165, 1.54) is 0 Å². The minimum absolute atomic E-state index is 0.283. The van der Waals surface area contributed by atoms with Crippen LogP contribution in [0.15, 0.2) is 24.3 Å². The first-order valence-electron chi connectivity index (χ1n) is 5.26. The van der Waals surface area contributed by atoms with Gasteiger partial charge in [0.05, 0.1) is 6.10 Å². The lowest BCUT2D eigenvalue weighted by atomic mass is 10.0. The minimum atomic E-state index is -4.20. The number of halogens is 3. The highest BCUT2D eigenvalue weighted by Crippen LogP contribution is 2.27. The summed E-state index contributed by atoms with van der Waals surface area (Å²) in [6.45, 7) is 2.00. The van der Waals surface area contributed by atoms with Crippen molar-refractivity contribution in [2.75, 3.05) is 0 Å². The smallest absolute Gasteiger partial charge is 0.388 e. The van der Waals surface area contributed by atoms with Crippen molar-refractivity contribution in [3.8, 4) is 0 Å². The molecule has 0 bridgehead atoms. The Morgan fingerprint density at radius 3 is 2.19 bits per heavy atom. The van der Waals surface area contributed by atoms with E-state index < -0.39 is 18.7 Å². The fourth-order valence-electron chi connectivity index (χ4n) is 1.44. The van der Waals surface area contributed by atoms with Gasteiger partial charge in [0.1, 0.15) is 0 Å². The summed E-state index contributed by atoms with van der Waals surface area (Å²) in [7, 11) is 0. The molecule has 0 aliphatic carbocycles. The molecule has 4 heteroatoms. The van der Waals surface area contributed by atoms with Gasteiger partial charge in [-0.25, -0.2) is 0 Å². The highest BCUT2D eigenvalue weighted by molar-refractivity contribution is 5.24. The van der Waals surface area contributed by atoms with Gasteiger partial charge in [0, 0.05) is 6.42 Å². The number of hydrogen-bond acceptors (Lipinski definition) is 1. The maximum atomic E-state index is 11.9. The van der Waals surface area contributed by atoms with E-state index in [1.807, 2.05) is 19.1 Å². The van der Waals surface area contributed by atoms with Crippen LogP contribution in [0.5, 0.6) is 0 Å². The van der Waals surface area contributed by atoms with Crippen LogP contribution in [-0.2, 0) is 6.42 Å². The normalized spacial score (nSPS) is 13.8. The summed E-state index contributed by atoms with van der Waals surface area (Å²) < 4.78 is 35.8. The lowest BCUT2D eigenvalue weighted by Crippen LogP contribution is -2.10. The van der Waals surface area contributed by atoms with Gasteiger partial charge >= 0.3 is 6.18 Å². The fourth-order valence-corrected chi connectivity index (χ4v) is 1.44. The molecule has 0 aromatic heterocycles. The Morgan fingerprint density at radius 1 is 1.19 bits per heavy atom. The molecule has 1 aromatic carbocycles. The van der Waals surface area contributed by atoms with Gasteiger partial charge in [0.15, 0.2) is 0 Å². The molecule has 1 N–H and O–H groups in total. The molecular weight excluding hydrogens is 217 g/mol. The predicted octanol–water partition coefficient (Wildman–Crippen LogP) is 3.62. The molecule has 1 unspecified atom stereocenters. The van der Waals surface area contributed by atoms with Crippen molar-refractivity contribution in [1.82, 2.24) is 0 Å². The molecule has 0 aliphatic heterocycles. The van der Waals surface area contributed by atoms with Crippen molar-refractivity contribution >= 4 is 0 Å². The number of benzene rings is 1. The van der Waals surface area contributed by atoms with Crippen LogP contribution in [0.2, 0.25) is 0 Å². The van der Waals surface area contributed by atoms with E-state index in [4.69, 9.17) is 0 Å². The number of alkyl halides is 3. The summed E-state index contributed by atoms with van der Waals surface area (Å²) in [6.07, 6.45) is -5.60. The van der Waals surface area contributed by atoms with Crippen molar-refractivity contribution in [3.05, 3.63) is 35.4 Å². The lowest BCUT2D eigenvalue weighted by Gasteiger charge is -2.12. The van der Waals surface area contributed by atoms with E-state index in [0.29, 0.717) is 5.56 Å². The second kappa shape index (κ2) is 5.34. The Bertz CT molecular complexity index is 316. The summed E-state index contributed by atoms with van der Waals surface area (Å²) in [5, 5.41) is 9.55. The van der Waals surface area contributed by atoms with Crippen LogP contribution in [0.1, 0.15) is 37.0 Å². The molecule has 0 saturated heterocycles. The average molecular weight is 232 g/mol. The quantitative estimate of drug-likeness (QED) is 0.840. The summed E-state index contributed by atoms with van der Waals surface area (Å²) in [6, 6.07) is 7.01. The van der Waals surface area contributed by atoms with Gasteiger partial charge in [-0.2, -0.15) is 13.2 Å². The number of aryl methyl sites for hydroxylation is 1. The minimum Gasteiger partial charge on any atom is -0.388 e. The zero-order chi connectivity index (χ0) is 12.2. The van der Waals surface area contributed by atoms with E-state index >= 15 is 0 Å². The van der Waals surface area contributed by atoms with E-state index in [9.17, 15) is 18.3 Å². The maximum Gasteiger partial charge on any atom is 0.389 e. The molecule has 1 rings (SSSR count). The molecule has 0 radical (unpaired) electrons. The van der Waals surface area contributed by atoms with Gasteiger partial charge in [-0.1, -0.05) is 31.2 Å². The van der Waals surface area contributed by atoms with E-state index in [2.05, 4.69) is 0 Å².